The maximum Gasteiger partial charge on any atom is -0.00202 e. The highest BCUT2D eigenvalue weighted by Crippen LogP contribution is 2.61. The van der Waals surface area contributed by atoms with Crippen LogP contribution >= 0.6 is 0 Å². The van der Waals surface area contributed by atoms with E-state index in [1.165, 1.54) is 38.5 Å². The fraction of sp³-hybridized carbons (Fsp3) is 0.800. The molecule has 1 unspecified atom stereocenters. The van der Waals surface area contributed by atoms with Crippen molar-refractivity contribution in [3.05, 3.63) is 23.3 Å². The lowest BCUT2D eigenvalue weighted by atomic mass is 9.47. The molecule has 0 aromatic carbocycles. The third kappa shape index (κ3) is 2.32. The molecule has 3 aliphatic rings. The van der Waals surface area contributed by atoms with Gasteiger partial charge < -0.3 is 5.73 Å². The standard InChI is InChI=1S/C20H33N/c1-14(2)15-6-8-17-16(12-15)7-9-18-19(3,13-21)10-5-11-20(17,18)4/h7,12,14,17-18H,5-6,8-11,13,21H2,1-4H3/t17-,18?,19-,20-/m1/s1. The van der Waals surface area contributed by atoms with Crippen LogP contribution in [0.2, 0.25) is 0 Å². The second kappa shape index (κ2) is 5.26. The Labute approximate surface area is 131 Å². The number of nitrogens with two attached hydrogens (primary N) is 1. The van der Waals surface area contributed by atoms with Crippen molar-refractivity contribution < 1.29 is 0 Å². The van der Waals surface area contributed by atoms with Gasteiger partial charge in [0.05, 0.1) is 0 Å². The molecular formula is C20H33N. The Hall–Kier alpha value is -0.560. The molecule has 0 aromatic heterocycles. The summed E-state index contributed by atoms with van der Waals surface area (Å²) in [7, 11) is 0. The molecule has 0 amide bonds. The van der Waals surface area contributed by atoms with Crippen LogP contribution in [-0.4, -0.2) is 6.54 Å². The molecule has 1 nitrogen and oxygen atoms in total. The molecule has 3 aliphatic carbocycles. The van der Waals surface area contributed by atoms with E-state index in [2.05, 4.69) is 39.8 Å². The smallest absolute Gasteiger partial charge is 0.00202 e. The third-order valence-corrected chi connectivity index (χ3v) is 7.17. The average molecular weight is 287 g/mol. The van der Waals surface area contributed by atoms with Gasteiger partial charge in [0.25, 0.3) is 0 Å². The molecule has 21 heavy (non-hydrogen) atoms. The molecule has 1 fully saturated rings. The van der Waals surface area contributed by atoms with Crippen LogP contribution in [0.3, 0.4) is 0 Å². The Morgan fingerprint density at radius 1 is 1.29 bits per heavy atom. The molecule has 118 valence electrons. The molecular weight excluding hydrogens is 254 g/mol. The topological polar surface area (TPSA) is 26.0 Å². The second-order valence-corrected chi connectivity index (χ2v) is 8.68. The zero-order chi connectivity index (χ0) is 15.3. The van der Waals surface area contributed by atoms with E-state index in [0.717, 1.165) is 18.4 Å². The molecule has 0 aromatic rings. The first kappa shape index (κ1) is 15.3. The van der Waals surface area contributed by atoms with Crippen LogP contribution in [-0.2, 0) is 0 Å². The highest BCUT2D eigenvalue weighted by atomic mass is 14.7. The Kier molecular flexibility index (Phi) is 3.84. The first-order valence-corrected chi connectivity index (χ1v) is 9.01. The molecule has 3 rings (SSSR count). The number of fused-ring (bicyclic) bond motifs is 3. The van der Waals surface area contributed by atoms with Crippen molar-refractivity contribution in [1.29, 1.82) is 0 Å². The highest BCUT2D eigenvalue weighted by Gasteiger charge is 2.53. The minimum Gasteiger partial charge on any atom is -0.330 e. The van der Waals surface area contributed by atoms with Crippen molar-refractivity contribution in [3.8, 4) is 0 Å². The van der Waals surface area contributed by atoms with E-state index >= 15 is 0 Å². The van der Waals surface area contributed by atoms with Gasteiger partial charge in [-0.05, 0) is 72.8 Å². The van der Waals surface area contributed by atoms with Crippen LogP contribution in [0.1, 0.15) is 66.2 Å². The van der Waals surface area contributed by atoms with Crippen molar-refractivity contribution in [2.24, 2.45) is 34.3 Å². The summed E-state index contributed by atoms with van der Waals surface area (Å²) in [6.45, 7) is 10.6. The fourth-order valence-electron chi connectivity index (χ4n) is 5.72. The monoisotopic (exact) mass is 287 g/mol. The maximum atomic E-state index is 6.20. The Morgan fingerprint density at radius 3 is 2.71 bits per heavy atom. The van der Waals surface area contributed by atoms with Gasteiger partial charge in [0.2, 0.25) is 0 Å². The van der Waals surface area contributed by atoms with Crippen LogP contribution in [0.5, 0.6) is 0 Å². The lowest BCUT2D eigenvalue weighted by Crippen LogP contribution is -2.52. The minimum absolute atomic E-state index is 0.358. The van der Waals surface area contributed by atoms with Crippen molar-refractivity contribution >= 4 is 0 Å². The first-order valence-electron chi connectivity index (χ1n) is 9.01. The lowest BCUT2D eigenvalue weighted by Gasteiger charge is -2.58. The zero-order valence-electron chi connectivity index (χ0n) is 14.4. The second-order valence-electron chi connectivity index (χ2n) is 8.68. The Bertz CT molecular complexity index is 472. The van der Waals surface area contributed by atoms with Crippen LogP contribution in [0, 0.1) is 28.6 Å². The van der Waals surface area contributed by atoms with Crippen LogP contribution in [0.15, 0.2) is 23.3 Å². The molecule has 0 radical (unpaired) electrons. The third-order valence-electron chi connectivity index (χ3n) is 7.17. The average Bonchev–Trinajstić information content (AvgIpc) is 2.46. The van der Waals surface area contributed by atoms with Gasteiger partial charge >= 0.3 is 0 Å². The molecule has 4 atom stereocenters. The fourth-order valence-corrected chi connectivity index (χ4v) is 5.72. The van der Waals surface area contributed by atoms with Gasteiger partial charge in [0, 0.05) is 0 Å². The van der Waals surface area contributed by atoms with Gasteiger partial charge in [-0.1, -0.05) is 51.8 Å². The molecule has 0 spiro atoms. The molecule has 1 saturated carbocycles. The van der Waals surface area contributed by atoms with Crippen LogP contribution in [0.4, 0.5) is 0 Å². The number of allylic oxidation sites excluding steroid dienone is 4. The van der Waals surface area contributed by atoms with E-state index < -0.39 is 0 Å². The number of hydrogen-bond donors (Lipinski definition) is 1. The summed E-state index contributed by atoms with van der Waals surface area (Å²) in [5.41, 5.74) is 10.4. The van der Waals surface area contributed by atoms with E-state index in [1.54, 1.807) is 11.1 Å². The van der Waals surface area contributed by atoms with Gasteiger partial charge in [-0.25, -0.2) is 0 Å². The summed E-state index contributed by atoms with van der Waals surface area (Å²) < 4.78 is 0. The number of hydrogen-bond acceptors (Lipinski definition) is 1. The van der Waals surface area contributed by atoms with Gasteiger partial charge in [-0.2, -0.15) is 0 Å². The van der Waals surface area contributed by atoms with Crippen LogP contribution in [0.25, 0.3) is 0 Å². The molecule has 1 heteroatoms. The first-order chi connectivity index (χ1) is 9.90. The van der Waals surface area contributed by atoms with Gasteiger partial charge in [-0.15, -0.1) is 0 Å². The predicted octanol–water partition coefficient (Wildman–Crippen LogP) is 5.08. The van der Waals surface area contributed by atoms with Crippen LogP contribution < -0.4 is 5.73 Å². The Balaban J connectivity index is 1.97. The summed E-state index contributed by atoms with van der Waals surface area (Å²) in [5.74, 6) is 2.27. The van der Waals surface area contributed by atoms with E-state index in [0.29, 0.717) is 16.7 Å². The Morgan fingerprint density at radius 2 is 2.05 bits per heavy atom. The van der Waals surface area contributed by atoms with Crippen molar-refractivity contribution in [3.63, 3.8) is 0 Å². The summed E-state index contributed by atoms with van der Waals surface area (Å²) in [4.78, 5) is 0. The van der Waals surface area contributed by atoms with Gasteiger partial charge in [-0.3, -0.25) is 0 Å². The SMILES string of the molecule is CC(C)C1=CC2=CCC3[C@@](C)(CN)CCC[C@]3(C)[C@@H]2CC1. The normalized spacial score (nSPS) is 43.0. The largest absolute Gasteiger partial charge is 0.330 e. The van der Waals surface area contributed by atoms with Crippen molar-refractivity contribution in [2.75, 3.05) is 6.54 Å². The van der Waals surface area contributed by atoms with E-state index in [4.69, 9.17) is 5.73 Å². The summed E-state index contributed by atoms with van der Waals surface area (Å²) in [6, 6.07) is 0. The zero-order valence-corrected chi connectivity index (χ0v) is 14.4. The molecule has 0 saturated heterocycles. The molecule has 0 heterocycles. The summed E-state index contributed by atoms with van der Waals surface area (Å²) >= 11 is 0. The summed E-state index contributed by atoms with van der Waals surface area (Å²) in [6.07, 6.45) is 13.1. The highest BCUT2D eigenvalue weighted by molar-refractivity contribution is 5.35. The molecule has 2 N–H and O–H groups in total. The van der Waals surface area contributed by atoms with Crippen molar-refractivity contribution in [2.45, 2.75) is 66.2 Å². The lowest BCUT2D eigenvalue weighted by molar-refractivity contribution is -0.0438. The summed E-state index contributed by atoms with van der Waals surface area (Å²) in [5, 5.41) is 0. The predicted molar refractivity (Wildman–Crippen MR) is 91.0 cm³/mol. The maximum absolute atomic E-state index is 6.20. The molecule has 0 bridgehead atoms. The van der Waals surface area contributed by atoms with Crippen molar-refractivity contribution in [1.82, 2.24) is 0 Å². The molecule has 0 aliphatic heterocycles. The van der Waals surface area contributed by atoms with Gasteiger partial charge in [0.1, 0.15) is 0 Å². The van der Waals surface area contributed by atoms with E-state index in [9.17, 15) is 0 Å². The quantitative estimate of drug-likeness (QED) is 0.753. The van der Waals surface area contributed by atoms with Gasteiger partial charge in [0.15, 0.2) is 0 Å². The number of rotatable bonds is 2. The van der Waals surface area contributed by atoms with E-state index in [1.807, 2.05) is 0 Å². The van der Waals surface area contributed by atoms with E-state index in [-0.39, 0.29) is 0 Å². The minimum atomic E-state index is 0.358.